The molecule has 2 rings (SSSR count). The van der Waals surface area contributed by atoms with E-state index in [1.54, 1.807) is 48.5 Å². The largest absolute Gasteiger partial charge is 0.296 e. The van der Waals surface area contributed by atoms with E-state index in [0.29, 0.717) is 10.6 Å². The Labute approximate surface area is 101 Å². The zero-order valence-electron chi connectivity index (χ0n) is 9.41. The van der Waals surface area contributed by atoms with Gasteiger partial charge in [-0.05, 0) is 31.2 Å². The second kappa shape index (κ2) is 4.69. The van der Waals surface area contributed by atoms with Gasteiger partial charge in [-0.1, -0.05) is 35.9 Å². The van der Waals surface area contributed by atoms with Gasteiger partial charge in [0.25, 0.3) is 0 Å². The third-order valence-corrected chi connectivity index (χ3v) is 3.66. The maximum Gasteiger partial charge on any atom is 0.195 e. The van der Waals surface area contributed by atoms with Crippen LogP contribution in [0.25, 0.3) is 0 Å². The second-order valence-corrected chi connectivity index (χ2v) is 5.38. The molecule has 4 heteroatoms. The number of nitrogens with zero attached hydrogens (tertiary/aromatic N) is 1. The van der Waals surface area contributed by atoms with Crippen LogP contribution in [0.4, 0.5) is 5.69 Å². The summed E-state index contributed by atoms with van der Waals surface area (Å²) in [5.74, 6) is 0. The molecule has 0 amide bonds. The van der Waals surface area contributed by atoms with Crippen molar-refractivity contribution < 1.29 is 8.76 Å². The van der Waals surface area contributed by atoms with Crippen molar-refractivity contribution in [2.45, 2.75) is 11.8 Å². The Bertz CT molecular complexity index is 612. The van der Waals surface area contributed by atoms with Gasteiger partial charge in [0.15, 0.2) is 10.0 Å². The van der Waals surface area contributed by atoms with E-state index in [9.17, 15) is 8.76 Å². The van der Waals surface area contributed by atoms with E-state index >= 15 is 0 Å². The zero-order chi connectivity index (χ0) is 12.3. The van der Waals surface area contributed by atoms with Crippen LogP contribution in [-0.2, 0) is 10.0 Å². The van der Waals surface area contributed by atoms with Crippen molar-refractivity contribution in [3.8, 4) is 0 Å². The van der Waals surface area contributed by atoms with E-state index in [1.165, 1.54) is 0 Å². The predicted molar refractivity (Wildman–Crippen MR) is 68.7 cm³/mol. The molecule has 0 aliphatic carbocycles. The highest BCUT2D eigenvalue weighted by Crippen LogP contribution is 2.18. The van der Waals surface area contributed by atoms with Crippen LogP contribution in [0.15, 0.2) is 63.9 Å². The Balaban J connectivity index is 2.46. The fourth-order valence-electron chi connectivity index (χ4n) is 1.40. The van der Waals surface area contributed by atoms with Crippen molar-refractivity contribution in [2.24, 2.45) is 4.36 Å². The van der Waals surface area contributed by atoms with Gasteiger partial charge in [0, 0.05) is 0 Å². The Kier molecular flexibility index (Phi) is 3.26. The van der Waals surface area contributed by atoms with Gasteiger partial charge in [-0.3, -0.25) is 4.55 Å². The molecule has 0 bridgehead atoms. The highest BCUT2D eigenvalue weighted by atomic mass is 32.2. The van der Waals surface area contributed by atoms with Crippen LogP contribution in [0.2, 0.25) is 0 Å². The molecule has 0 aliphatic heterocycles. The van der Waals surface area contributed by atoms with E-state index in [2.05, 4.69) is 4.36 Å². The molecule has 0 fully saturated rings. The number of benzene rings is 2. The van der Waals surface area contributed by atoms with Crippen molar-refractivity contribution >= 4 is 15.7 Å². The number of aryl methyl sites for hydroxylation is 1. The first-order chi connectivity index (χ1) is 8.08. The molecule has 0 heterocycles. The number of hydrogen-bond donors (Lipinski definition) is 1. The van der Waals surface area contributed by atoms with Gasteiger partial charge >= 0.3 is 0 Å². The average molecular weight is 247 g/mol. The second-order valence-electron chi connectivity index (χ2n) is 3.74. The first-order valence-corrected chi connectivity index (χ1v) is 6.66. The van der Waals surface area contributed by atoms with E-state index < -0.39 is 10.0 Å². The van der Waals surface area contributed by atoms with Crippen LogP contribution in [0.5, 0.6) is 0 Å². The fraction of sp³-hybridized carbons (Fsp3) is 0.0769. The number of hydrogen-bond acceptors (Lipinski definition) is 2. The molecule has 1 N–H and O–H groups in total. The zero-order valence-corrected chi connectivity index (χ0v) is 10.2. The molecule has 1 unspecified atom stereocenters. The third-order valence-electron chi connectivity index (χ3n) is 2.31. The van der Waals surface area contributed by atoms with Gasteiger partial charge < -0.3 is 0 Å². The van der Waals surface area contributed by atoms with Crippen molar-refractivity contribution in [3.63, 3.8) is 0 Å². The minimum Gasteiger partial charge on any atom is -0.296 e. The monoisotopic (exact) mass is 247 g/mol. The molecular weight excluding hydrogens is 234 g/mol. The standard InChI is InChI=1S/C13H13NO2S/c1-11-7-9-13(10-8-11)17(15,16)14-12-5-3-2-4-6-12/h2-10H,1H3,(H,14,15,16). The Morgan fingerprint density at radius 1 is 1.00 bits per heavy atom. The Morgan fingerprint density at radius 2 is 1.59 bits per heavy atom. The predicted octanol–water partition coefficient (Wildman–Crippen LogP) is 3.63. The summed E-state index contributed by atoms with van der Waals surface area (Å²) in [6, 6.07) is 15.6. The smallest absolute Gasteiger partial charge is 0.195 e. The molecule has 0 saturated carbocycles. The molecular formula is C13H13NO2S. The van der Waals surface area contributed by atoms with Crippen molar-refractivity contribution in [1.82, 2.24) is 0 Å². The Morgan fingerprint density at radius 3 is 2.18 bits per heavy atom. The molecule has 0 radical (unpaired) electrons. The van der Waals surface area contributed by atoms with E-state index in [1.807, 2.05) is 13.0 Å². The molecule has 0 spiro atoms. The van der Waals surface area contributed by atoms with Crippen molar-refractivity contribution in [3.05, 3.63) is 60.2 Å². The lowest BCUT2D eigenvalue weighted by atomic mass is 10.2. The normalized spacial score (nSPS) is 14.0. The maximum absolute atomic E-state index is 12.1. The van der Waals surface area contributed by atoms with Gasteiger partial charge in [0.1, 0.15) is 0 Å². The summed E-state index contributed by atoms with van der Waals surface area (Å²) in [4.78, 5) is 0.326. The quantitative estimate of drug-likeness (QED) is 0.881. The SMILES string of the molecule is Cc1ccc(S(=O)(O)=Nc2ccccc2)cc1. The Hall–Kier alpha value is -1.65. The first kappa shape index (κ1) is 11.8. The van der Waals surface area contributed by atoms with Crippen molar-refractivity contribution in [1.29, 1.82) is 0 Å². The summed E-state index contributed by atoms with van der Waals surface area (Å²) in [6.07, 6.45) is 0. The summed E-state index contributed by atoms with van der Waals surface area (Å²) in [6.45, 7) is 1.93. The summed E-state index contributed by atoms with van der Waals surface area (Å²) >= 11 is 0. The molecule has 2 aromatic carbocycles. The van der Waals surface area contributed by atoms with Gasteiger partial charge in [-0.2, -0.15) is 4.36 Å². The molecule has 3 nitrogen and oxygen atoms in total. The van der Waals surface area contributed by atoms with E-state index in [0.717, 1.165) is 5.56 Å². The molecule has 1 atom stereocenters. The average Bonchev–Trinajstić information content (AvgIpc) is 2.30. The molecule has 88 valence electrons. The highest BCUT2D eigenvalue weighted by molar-refractivity contribution is 7.88. The lowest BCUT2D eigenvalue weighted by molar-refractivity contribution is 0.552. The van der Waals surface area contributed by atoms with Gasteiger partial charge in [0.2, 0.25) is 0 Å². The van der Waals surface area contributed by atoms with Crippen LogP contribution in [0.1, 0.15) is 5.56 Å². The fourth-order valence-corrected chi connectivity index (χ4v) is 2.40. The molecule has 17 heavy (non-hydrogen) atoms. The van der Waals surface area contributed by atoms with E-state index in [-0.39, 0.29) is 0 Å². The topological polar surface area (TPSA) is 49.7 Å². The third kappa shape index (κ3) is 2.93. The lowest BCUT2D eigenvalue weighted by Crippen LogP contribution is -1.97. The van der Waals surface area contributed by atoms with Crippen LogP contribution >= 0.6 is 0 Å². The minimum atomic E-state index is -3.36. The number of rotatable bonds is 2. The summed E-state index contributed by atoms with van der Waals surface area (Å²) in [7, 11) is -3.36. The summed E-state index contributed by atoms with van der Waals surface area (Å²) in [5, 5.41) is 0. The van der Waals surface area contributed by atoms with Gasteiger partial charge in [-0.15, -0.1) is 0 Å². The summed E-state index contributed by atoms with van der Waals surface area (Å²) in [5.41, 5.74) is 1.55. The van der Waals surface area contributed by atoms with Crippen LogP contribution in [0, 0.1) is 6.92 Å². The first-order valence-electron chi connectivity index (χ1n) is 5.19. The summed E-state index contributed by atoms with van der Waals surface area (Å²) < 4.78 is 25.8. The van der Waals surface area contributed by atoms with Crippen molar-refractivity contribution in [2.75, 3.05) is 0 Å². The van der Waals surface area contributed by atoms with E-state index in [4.69, 9.17) is 0 Å². The molecule has 2 aromatic rings. The molecule has 0 aromatic heterocycles. The van der Waals surface area contributed by atoms with Crippen LogP contribution < -0.4 is 0 Å². The lowest BCUT2D eigenvalue weighted by Gasteiger charge is -2.03. The molecule has 0 aliphatic rings. The highest BCUT2D eigenvalue weighted by Gasteiger charge is 2.07. The minimum absolute atomic E-state index is 0.326. The molecule has 0 saturated heterocycles. The van der Waals surface area contributed by atoms with Crippen LogP contribution in [0.3, 0.4) is 0 Å². The van der Waals surface area contributed by atoms with Gasteiger partial charge in [-0.25, -0.2) is 4.21 Å². The van der Waals surface area contributed by atoms with Gasteiger partial charge in [0.05, 0.1) is 10.6 Å². The van der Waals surface area contributed by atoms with Crippen LogP contribution in [-0.4, -0.2) is 8.76 Å². The maximum atomic E-state index is 12.1.